The average molecular weight is 486 g/mol. The molecular formula is C20H12BrN3O3S2. The summed E-state index contributed by atoms with van der Waals surface area (Å²) in [4.78, 5) is 40.1. The van der Waals surface area contributed by atoms with Crippen LogP contribution in [0.1, 0.15) is 15.9 Å². The Labute approximate surface area is 182 Å². The van der Waals surface area contributed by atoms with Crippen LogP contribution in [-0.4, -0.2) is 22.0 Å². The number of hydrogen-bond donors (Lipinski definition) is 2. The number of amides is 3. The van der Waals surface area contributed by atoms with Crippen molar-refractivity contribution < 1.29 is 14.4 Å². The Morgan fingerprint density at radius 2 is 1.79 bits per heavy atom. The highest BCUT2D eigenvalue weighted by molar-refractivity contribution is 9.10. The highest BCUT2D eigenvalue weighted by Gasteiger charge is 2.24. The van der Waals surface area contributed by atoms with Crippen molar-refractivity contribution in [2.45, 2.75) is 0 Å². The number of rotatable bonds is 4. The maximum atomic E-state index is 12.5. The lowest BCUT2D eigenvalue weighted by Crippen LogP contribution is -2.17. The van der Waals surface area contributed by atoms with E-state index in [1.54, 1.807) is 30.3 Å². The number of benzene rings is 2. The highest BCUT2D eigenvalue weighted by atomic mass is 79.9. The van der Waals surface area contributed by atoms with E-state index in [4.69, 9.17) is 0 Å². The molecule has 0 bridgehead atoms. The number of nitrogens with one attached hydrogen (secondary N) is 2. The van der Waals surface area contributed by atoms with E-state index in [9.17, 15) is 14.4 Å². The second-order valence-electron chi connectivity index (χ2n) is 5.97. The van der Waals surface area contributed by atoms with Gasteiger partial charge in [-0.3, -0.25) is 25.0 Å². The molecular weight excluding hydrogens is 474 g/mol. The first-order valence-corrected chi connectivity index (χ1v) is 10.8. The van der Waals surface area contributed by atoms with Crippen molar-refractivity contribution in [3.05, 3.63) is 74.4 Å². The first kappa shape index (κ1) is 19.6. The summed E-state index contributed by atoms with van der Waals surface area (Å²) in [6.07, 6.45) is 1.61. The molecule has 3 aromatic rings. The lowest BCUT2D eigenvalue weighted by atomic mass is 10.1. The largest absolute Gasteiger partial charge is 0.298 e. The quantitative estimate of drug-likeness (QED) is 0.498. The molecule has 0 saturated carbocycles. The second kappa shape index (κ2) is 8.32. The first-order valence-electron chi connectivity index (χ1n) is 8.36. The normalized spacial score (nSPS) is 14.9. The van der Waals surface area contributed by atoms with Crippen molar-refractivity contribution in [3.8, 4) is 11.3 Å². The summed E-state index contributed by atoms with van der Waals surface area (Å²) in [6, 6.07) is 14.5. The van der Waals surface area contributed by atoms with E-state index in [1.165, 1.54) is 11.3 Å². The van der Waals surface area contributed by atoms with Crippen LogP contribution in [-0.2, 0) is 4.79 Å². The summed E-state index contributed by atoms with van der Waals surface area (Å²) in [6.45, 7) is 0. The number of halogens is 1. The number of thiazole rings is 1. The van der Waals surface area contributed by atoms with Crippen LogP contribution in [0.15, 0.2) is 63.3 Å². The molecule has 9 heteroatoms. The lowest BCUT2D eigenvalue weighted by Gasteiger charge is -2.03. The molecule has 1 aliphatic rings. The van der Waals surface area contributed by atoms with Crippen molar-refractivity contribution in [1.29, 1.82) is 0 Å². The van der Waals surface area contributed by atoms with Gasteiger partial charge in [-0.15, -0.1) is 11.3 Å². The Bertz CT molecular complexity index is 1140. The topological polar surface area (TPSA) is 88.2 Å². The van der Waals surface area contributed by atoms with Gasteiger partial charge >= 0.3 is 0 Å². The molecule has 1 fully saturated rings. The summed E-state index contributed by atoms with van der Waals surface area (Å²) in [5.74, 6) is -0.684. The molecule has 1 aromatic heterocycles. The fourth-order valence-electron chi connectivity index (χ4n) is 2.56. The fourth-order valence-corrected chi connectivity index (χ4v) is 4.22. The van der Waals surface area contributed by atoms with Gasteiger partial charge in [0.25, 0.3) is 17.1 Å². The van der Waals surface area contributed by atoms with Crippen LogP contribution < -0.4 is 10.6 Å². The minimum Gasteiger partial charge on any atom is -0.298 e. The van der Waals surface area contributed by atoms with E-state index >= 15 is 0 Å². The number of carbonyl (C=O) groups is 3. The summed E-state index contributed by atoms with van der Waals surface area (Å²) in [5.41, 5.74) is 2.95. The zero-order valence-electron chi connectivity index (χ0n) is 14.6. The SMILES string of the molecule is O=C1NC(=O)/C(=C/c2ccc(C(=O)Nc3nc(-c4ccc(Br)cc4)cs3)cc2)S1. The Kier molecular flexibility index (Phi) is 5.61. The average Bonchev–Trinajstić information content (AvgIpc) is 3.29. The van der Waals surface area contributed by atoms with Gasteiger partial charge in [-0.25, -0.2) is 4.98 Å². The van der Waals surface area contributed by atoms with E-state index in [0.717, 1.165) is 33.1 Å². The number of carbonyl (C=O) groups excluding carboxylic acids is 3. The van der Waals surface area contributed by atoms with Crippen molar-refractivity contribution in [2.75, 3.05) is 5.32 Å². The molecule has 4 rings (SSSR count). The first-order chi connectivity index (χ1) is 14.0. The number of imide groups is 1. The van der Waals surface area contributed by atoms with E-state index in [-0.39, 0.29) is 11.1 Å². The Hall–Kier alpha value is -2.75. The molecule has 2 heterocycles. The number of anilines is 1. The third-order valence-electron chi connectivity index (χ3n) is 3.98. The van der Waals surface area contributed by atoms with Gasteiger partial charge in [0, 0.05) is 21.0 Å². The van der Waals surface area contributed by atoms with E-state index in [2.05, 4.69) is 31.5 Å². The van der Waals surface area contributed by atoms with Crippen LogP contribution in [0.25, 0.3) is 17.3 Å². The number of aromatic nitrogens is 1. The smallest absolute Gasteiger partial charge is 0.290 e. The van der Waals surface area contributed by atoms with Crippen LogP contribution in [0.3, 0.4) is 0 Å². The molecule has 6 nitrogen and oxygen atoms in total. The molecule has 2 N–H and O–H groups in total. The molecule has 3 amide bonds. The summed E-state index contributed by atoms with van der Waals surface area (Å²) in [7, 11) is 0. The van der Waals surface area contributed by atoms with Crippen LogP contribution >= 0.6 is 39.0 Å². The van der Waals surface area contributed by atoms with Gasteiger partial charge in [-0.1, -0.05) is 40.2 Å². The molecule has 29 heavy (non-hydrogen) atoms. The molecule has 2 aromatic carbocycles. The molecule has 144 valence electrons. The van der Waals surface area contributed by atoms with Gasteiger partial charge in [0.2, 0.25) is 0 Å². The van der Waals surface area contributed by atoms with Crippen molar-refractivity contribution >= 4 is 67.3 Å². The standard InChI is InChI=1S/C20H12BrN3O3S2/c21-14-7-5-12(6-8-14)15-10-28-19(22-15)23-17(25)13-3-1-11(2-4-13)9-16-18(26)24-20(27)29-16/h1-10H,(H,22,23,25)(H,24,26,27)/b16-9-. The monoisotopic (exact) mass is 485 g/mol. The molecule has 1 saturated heterocycles. The molecule has 0 aliphatic carbocycles. The van der Waals surface area contributed by atoms with Gasteiger partial charge in [0.15, 0.2) is 5.13 Å². The van der Waals surface area contributed by atoms with Crippen LogP contribution in [0, 0.1) is 0 Å². The van der Waals surface area contributed by atoms with Gasteiger partial charge in [-0.05, 0) is 47.7 Å². The lowest BCUT2D eigenvalue weighted by molar-refractivity contribution is -0.115. The van der Waals surface area contributed by atoms with Gasteiger partial charge in [-0.2, -0.15) is 0 Å². The number of nitrogens with zero attached hydrogens (tertiary/aromatic N) is 1. The summed E-state index contributed by atoms with van der Waals surface area (Å²) >= 11 is 5.61. The third kappa shape index (κ3) is 4.64. The zero-order valence-corrected chi connectivity index (χ0v) is 17.9. The molecule has 0 unspecified atom stereocenters. The zero-order chi connectivity index (χ0) is 20.4. The maximum absolute atomic E-state index is 12.5. The van der Waals surface area contributed by atoms with E-state index < -0.39 is 5.91 Å². The van der Waals surface area contributed by atoms with Crippen molar-refractivity contribution in [2.24, 2.45) is 0 Å². The van der Waals surface area contributed by atoms with Gasteiger partial charge in [0.1, 0.15) is 0 Å². The third-order valence-corrected chi connectivity index (χ3v) is 6.07. The Morgan fingerprint density at radius 3 is 2.45 bits per heavy atom. The van der Waals surface area contributed by atoms with Crippen molar-refractivity contribution in [1.82, 2.24) is 10.3 Å². The van der Waals surface area contributed by atoms with Crippen LogP contribution in [0.2, 0.25) is 0 Å². The van der Waals surface area contributed by atoms with E-state index in [1.807, 2.05) is 29.6 Å². The number of hydrogen-bond acceptors (Lipinski definition) is 6. The minimum atomic E-state index is -0.410. The maximum Gasteiger partial charge on any atom is 0.290 e. The summed E-state index contributed by atoms with van der Waals surface area (Å²) < 4.78 is 0.989. The predicted molar refractivity (Wildman–Crippen MR) is 119 cm³/mol. The minimum absolute atomic E-state index is 0.274. The van der Waals surface area contributed by atoms with Crippen LogP contribution in [0.5, 0.6) is 0 Å². The Morgan fingerprint density at radius 1 is 1.07 bits per heavy atom. The van der Waals surface area contributed by atoms with Crippen molar-refractivity contribution in [3.63, 3.8) is 0 Å². The molecule has 0 atom stereocenters. The Balaban J connectivity index is 1.44. The molecule has 0 spiro atoms. The molecule has 1 aliphatic heterocycles. The molecule has 0 radical (unpaired) electrons. The van der Waals surface area contributed by atoms with E-state index in [0.29, 0.717) is 15.6 Å². The number of thioether (sulfide) groups is 1. The second-order valence-corrected chi connectivity index (χ2v) is 8.76. The summed E-state index contributed by atoms with van der Waals surface area (Å²) in [5, 5.41) is 7.01. The van der Waals surface area contributed by atoms with Gasteiger partial charge in [0.05, 0.1) is 10.6 Å². The predicted octanol–water partition coefficient (Wildman–Crippen LogP) is 5.15. The van der Waals surface area contributed by atoms with Gasteiger partial charge < -0.3 is 0 Å². The fraction of sp³-hybridized carbons (Fsp3) is 0. The van der Waals surface area contributed by atoms with Crippen LogP contribution in [0.4, 0.5) is 9.93 Å². The highest BCUT2D eigenvalue weighted by Crippen LogP contribution is 2.27.